The summed E-state index contributed by atoms with van der Waals surface area (Å²) >= 11 is 0. The van der Waals surface area contributed by atoms with Crippen LogP contribution in [0.3, 0.4) is 0 Å². The summed E-state index contributed by atoms with van der Waals surface area (Å²) in [7, 11) is -3.82. The standard InChI is InChI=1S/C18H39NO3S/c1-4-5-6-7-8-9-10-11-14-17(18(2,3)19)15-12-13-16-23(20,21)22/h17H,4-16,19H2,1-3H3,(H,20,21,22). The molecule has 0 radical (unpaired) electrons. The Morgan fingerprint density at radius 1 is 0.870 bits per heavy atom. The third-order valence-corrected chi connectivity index (χ3v) is 5.47. The molecule has 5 heteroatoms. The highest BCUT2D eigenvalue weighted by Gasteiger charge is 2.24. The van der Waals surface area contributed by atoms with Crippen LogP contribution < -0.4 is 5.73 Å². The molecule has 1 atom stereocenters. The molecule has 0 aromatic carbocycles. The molecule has 4 nitrogen and oxygen atoms in total. The zero-order valence-corrected chi connectivity index (χ0v) is 16.3. The molecule has 23 heavy (non-hydrogen) atoms. The van der Waals surface area contributed by atoms with Gasteiger partial charge in [0, 0.05) is 5.54 Å². The zero-order valence-electron chi connectivity index (χ0n) is 15.5. The van der Waals surface area contributed by atoms with Gasteiger partial charge in [-0.25, -0.2) is 0 Å². The predicted molar refractivity (Wildman–Crippen MR) is 99.3 cm³/mol. The van der Waals surface area contributed by atoms with Gasteiger partial charge >= 0.3 is 0 Å². The van der Waals surface area contributed by atoms with Crippen molar-refractivity contribution in [3.05, 3.63) is 0 Å². The molecule has 1 unspecified atom stereocenters. The number of nitrogens with two attached hydrogens (primary N) is 1. The maximum absolute atomic E-state index is 10.7. The second kappa shape index (κ2) is 12.3. The fourth-order valence-electron chi connectivity index (χ4n) is 3.09. The molecule has 0 aliphatic heterocycles. The number of unbranched alkanes of at least 4 members (excludes halogenated alkanes) is 8. The van der Waals surface area contributed by atoms with Crippen molar-refractivity contribution >= 4 is 10.1 Å². The lowest BCUT2D eigenvalue weighted by atomic mass is 9.81. The maximum atomic E-state index is 10.7. The molecule has 0 spiro atoms. The highest BCUT2D eigenvalue weighted by atomic mass is 32.2. The average Bonchev–Trinajstić information content (AvgIpc) is 2.41. The molecule has 0 aromatic heterocycles. The Kier molecular flexibility index (Phi) is 12.2. The highest BCUT2D eigenvalue weighted by Crippen LogP contribution is 2.26. The lowest BCUT2D eigenvalue weighted by molar-refractivity contribution is 0.269. The van der Waals surface area contributed by atoms with Crippen molar-refractivity contribution in [2.24, 2.45) is 11.7 Å². The molecule has 0 fully saturated rings. The molecule has 0 rings (SSSR count). The van der Waals surface area contributed by atoms with E-state index in [1.54, 1.807) is 0 Å². The van der Waals surface area contributed by atoms with Crippen LogP contribution in [0.4, 0.5) is 0 Å². The maximum Gasteiger partial charge on any atom is 0.264 e. The minimum atomic E-state index is -3.82. The predicted octanol–water partition coefficient (Wildman–Crippen LogP) is 4.93. The van der Waals surface area contributed by atoms with Gasteiger partial charge in [0.25, 0.3) is 10.1 Å². The van der Waals surface area contributed by atoms with E-state index in [2.05, 4.69) is 20.8 Å². The van der Waals surface area contributed by atoms with Crippen molar-refractivity contribution in [1.29, 1.82) is 0 Å². The Labute approximate surface area is 144 Å². The van der Waals surface area contributed by atoms with Crippen LogP contribution in [0.25, 0.3) is 0 Å². The largest absolute Gasteiger partial charge is 0.325 e. The minimum Gasteiger partial charge on any atom is -0.325 e. The lowest BCUT2D eigenvalue weighted by Crippen LogP contribution is -2.41. The van der Waals surface area contributed by atoms with Gasteiger partial charge in [-0.3, -0.25) is 4.55 Å². The van der Waals surface area contributed by atoms with Gasteiger partial charge in [0.2, 0.25) is 0 Å². The van der Waals surface area contributed by atoms with Gasteiger partial charge in [0.05, 0.1) is 5.75 Å². The van der Waals surface area contributed by atoms with Gasteiger partial charge in [-0.15, -0.1) is 0 Å². The Balaban J connectivity index is 3.85. The third kappa shape index (κ3) is 15.2. The smallest absolute Gasteiger partial charge is 0.264 e. The Morgan fingerprint density at radius 3 is 1.74 bits per heavy atom. The molecule has 0 bridgehead atoms. The van der Waals surface area contributed by atoms with E-state index in [4.69, 9.17) is 10.3 Å². The van der Waals surface area contributed by atoms with Crippen LogP contribution in [0.2, 0.25) is 0 Å². The first-order valence-corrected chi connectivity index (χ1v) is 11.0. The van der Waals surface area contributed by atoms with E-state index in [9.17, 15) is 8.42 Å². The Hall–Kier alpha value is -0.130. The fraction of sp³-hybridized carbons (Fsp3) is 1.00. The molecule has 140 valence electrons. The van der Waals surface area contributed by atoms with E-state index >= 15 is 0 Å². The van der Waals surface area contributed by atoms with E-state index in [1.165, 1.54) is 51.4 Å². The summed E-state index contributed by atoms with van der Waals surface area (Å²) in [6, 6.07) is 0. The average molecular weight is 350 g/mol. The van der Waals surface area contributed by atoms with E-state index in [1.807, 2.05) is 0 Å². The second-order valence-electron chi connectivity index (χ2n) is 7.56. The van der Waals surface area contributed by atoms with E-state index in [0.717, 1.165) is 19.3 Å². The molecule has 0 heterocycles. The van der Waals surface area contributed by atoms with Crippen molar-refractivity contribution in [2.45, 2.75) is 103 Å². The molecule has 0 amide bonds. The van der Waals surface area contributed by atoms with E-state index in [0.29, 0.717) is 12.3 Å². The molecule has 0 saturated heterocycles. The van der Waals surface area contributed by atoms with Gasteiger partial charge in [0.1, 0.15) is 0 Å². The lowest BCUT2D eigenvalue weighted by Gasteiger charge is -2.31. The van der Waals surface area contributed by atoms with Crippen LogP contribution in [0.5, 0.6) is 0 Å². The van der Waals surface area contributed by atoms with Crippen molar-refractivity contribution in [1.82, 2.24) is 0 Å². The normalized spacial score (nSPS) is 14.1. The molecule has 0 saturated carbocycles. The number of rotatable bonds is 15. The summed E-state index contributed by atoms with van der Waals surface area (Å²) in [4.78, 5) is 0. The summed E-state index contributed by atoms with van der Waals surface area (Å²) in [6.45, 7) is 6.36. The highest BCUT2D eigenvalue weighted by molar-refractivity contribution is 7.85. The molecule has 3 N–H and O–H groups in total. The first-order valence-electron chi connectivity index (χ1n) is 9.41. The van der Waals surface area contributed by atoms with Gasteiger partial charge in [-0.2, -0.15) is 8.42 Å². The van der Waals surface area contributed by atoms with Crippen molar-refractivity contribution < 1.29 is 13.0 Å². The van der Waals surface area contributed by atoms with Crippen molar-refractivity contribution in [3.8, 4) is 0 Å². The molecule has 0 aromatic rings. The molecular formula is C18H39NO3S. The molecule has 0 aliphatic rings. The zero-order chi connectivity index (χ0) is 17.8. The van der Waals surface area contributed by atoms with Crippen molar-refractivity contribution in [2.75, 3.05) is 5.75 Å². The first-order chi connectivity index (χ1) is 10.7. The summed E-state index contributed by atoms with van der Waals surface area (Å²) in [6.07, 6.45) is 13.9. The summed E-state index contributed by atoms with van der Waals surface area (Å²) < 4.78 is 30.3. The van der Waals surface area contributed by atoms with Crippen molar-refractivity contribution in [3.63, 3.8) is 0 Å². The monoisotopic (exact) mass is 349 g/mol. The van der Waals surface area contributed by atoms with E-state index in [-0.39, 0.29) is 11.3 Å². The SMILES string of the molecule is CCCCCCCCCCC(CCCCS(=O)(=O)O)C(C)(C)N. The second-order valence-corrected chi connectivity index (χ2v) is 9.14. The van der Waals surface area contributed by atoms with E-state index < -0.39 is 10.1 Å². The quantitative estimate of drug-likeness (QED) is 0.324. The Bertz CT molecular complexity index is 374. The molecular weight excluding hydrogens is 310 g/mol. The third-order valence-electron chi connectivity index (χ3n) is 4.66. The first kappa shape index (κ1) is 22.9. The summed E-state index contributed by atoms with van der Waals surface area (Å²) in [5.74, 6) is 0.284. The number of hydrogen-bond donors (Lipinski definition) is 2. The van der Waals surface area contributed by atoms with Crippen LogP contribution in [-0.4, -0.2) is 24.3 Å². The number of hydrogen-bond acceptors (Lipinski definition) is 3. The van der Waals surface area contributed by atoms with Crippen LogP contribution in [0, 0.1) is 5.92 Å². The van der Waals surface area contributed by atoms with Crippen LogP contribution in [0.1, 0.15) is 97.8 Å². The summed E-state index contributed by atoms with van der Waals surface area (Å²) in [5.41, 5.74) is 6.05. The fourth-order valence-corrected chi connectivity index (χ4v) is 3.66. The van der Waals surface area contributed by atoms with Gasteiger partial charge in [0.15, 0.2) is 0 Å². The van der Waals surface area contributed by atoms with Gasteiger partial charge < -0.3 is 5.73 Å². The topological polar surface area (TPSA) is 80.4 Å². The Morgan fingerprint density at radius 2 is 1.30 bits per heavy atom. The van der Waals surface area contributed by atoms with Gasteiger partial charge in [-0.05, 0) is 39.0 Å². The van der Waals surface area contributed by atoms with Crippen LogP contribution >= 0.6 is 0 Å². The van der Waals surface area contributed by atoms with Crippen LogP contribution in [-0.2, 0) is 10.1 Å². The van der Waals surface area contributed by atoms with Gasteiger partial charge in [-0.1, -0.05) is 64.7 Å². The molecule has 0 aliphatic carbocycles. The van der Waals surface area contributed by atoms with Crippen LogP contribution in [0.15, 0.2) is 0 Å². The minimum absolute atomic E-state index is 0.136. The summed E-state index contributed by atoms with van der Waals surface area (Å²) in [5, 5.41) is 0.